The van der Waals surface area contributed by atoms with Crippen LogP contribution in [0, 0.1) is 6.92 Å². The zero-order valence-electron chi connectivity index (χ0n) is 17.9. The van der Waals surface area contributed by atoms with E-state index in [-0.39, 0.29) is 10.5 Å². The summed E-state index contributed by atoms with van der Waals surface area (Å²) >= 11 is 6.19. The first-order chi connectivity index (χ1) is 15.5. The standard InChI is InChI=1S/C21H20ClN5O5S/c1-13-11-18(28)19(25-27(13)17-10-5-4-9-16(17)22)21(30)24-23-20(29)14-7-6-8-15(12-14)33(31,32)26(2)3/h4-12H,1-3H3,(H,23,29)(H,24,30). The van der Waals surface area contributed by atoms with Crippen molar-refractivity contribution in [1.82, 2.24) is 24.9 Å². The van der Waals surface area contributed by atoms with Crippen molar-refractivity contribution in [1.29, 1.82) is 0 Å². The average molecular weight is 490 g/mol. The van der Waals surface area contributed by atoms with Crippen LogP contribution >= 0.6 is 11.6 Å². The molecule has 172 valence electrons. The van der Waals surface area contributed by atoms with E-state index >= 15 is 0 Å². The lowest BCUT2D eigenvalue weighted by molar-refractivity contribution is 0.0842. The Morgan fingerprint density at radius 1 is 1.00 bits per heavy atom. The van der Waals surface area contributed by atoms with Crippen LogP contribution in [-0.4, -0.2) is 48.4 Å². The molecule has 0 saturated carbocycles. The number of carbonyl (C=O) groups excluding carboxylic acids is 2. The SMILES string of the molecule is Cc1cc(=O)c(C(=O)NNC(=O)c2cccc(S(=O)(=O)N(C)C)c2)nn1-c1ccccc1Cl. The zero-order valence-corrected chi connectivity index (χ0v) is 19.4. The first-order valence-corrected chi connectivity index (χ1v) is 11.3. The van der Waals surface area contributed by atoms with E-state index in [2.05, 4.69) is 16.0 Å². The quantitative estimate of drug-likeness (QED) is 0.522. The molecule has 2 amide bonds. The van der Waals surface area contributed by atoms with Crippen molar-refractivity contribution in [3.05, 3.63) is 86.8 Å². The first-order valence-electron chi connectivity index (χ1n) is 9.51. The zero-order chi connectivity index (χ0) is 24.3. The number of carbonyl (C=O) groups is 2. The van der Waals surface area contributed by atoms with E-state index in [1.54, 1.807) is 31.2 Å². The summed E-state index contributed by atoms with van der Waals surface area (Å²) in [6, 6.07) is 13.3. The van der Waals surface area contributed by atoms with Crippen LogP contribution < -0.4 is 16.3 Å². The van der Waals surface area contributed by atoms with E-state index in [1.807, 2.05) is 0 Å². The molecule has 0 aliphatic rings. The van der Waals surface area contributed by atoms with Crippen LogP contribution in [0.15, 0.2) is 64.3 Å². The number of halogens is 1. The summed E-state index contributed by atoms with van der Waals surface area (Å²) in [6.07, 6.45) is 0. The molecule has 0 spiro atoms. The molecule has 1 aromatic heterocycles. The lowest BCUT2D eigenvalue weighted by atomic mass is 10.2. The lowest BCUT2D eigenvalue weighted by Crippen LogP contribution is -2.44. The molecule has 0 unspecified atom stereocenters. The Bertz CT molecular complexity index is 1400. The molecule has 2 N–H and O–H groups in total. The molecule has 0 atom stereocenters. The third-order valence-corrected chi connectivity index (χ3v) is 6.70. The van der Waals surface area contributed by atoms with Crippen LogP contribution in [0.3, 0.4) is 0 Å². The fourth-order valence-electron chi connectivity index (χ4n) is 2.83. The second kappa shape index (κ2) is 9.53. The molecule has 1 heterocycles. The normalized spacial score (nSPS) is 11.3. The number of aryl methyl sites for hydroxylation is 1. The molecule has 0 bridgehead atoms. The van der Waals surface area contributed by atoms with Gasteiger partial charge in [-0.1, -0.05) is 29.8 Å². The van der Waals surface area contributed by atoms with Crippen LogP contribution in [0.25, 0.3) is 5.69 Å². The van der Waals surface area contributed by atoms with Gasteiger partial charge in [0.15, 0.2) is 5.69 Å². The summed E-state index contributed by atoms with van der Waals surface area (Å²) in [5, 5.41) is 4.46. The van der Waals surface area contributed by atoms with Crippen LogP contribution in [0.5, 0.6) is 0 Å². The number of para-hydroxylation sites is 1. The highest BCUT2D eigenvalue weighted by atomic mass is 35.5. The van der Waals surface area contributed by atoms with Crippen molar-refractivity contribution in [2.24, 2.45) is 0 Å². The maximum atomic E-state index is 12.6. The fraction of sp³-hybridized carbons (Fsp3) is 0.143. The van der Waals surface area contributed by atoms with Crippen molar-refractivity contribution in [3.63, 3.8) is 0 Å². The number of amides is 2. The average Bonchev–Trinajstić information content (AvgIpc) is 2.78. The summed E-state index contributed by atoms with van der Waals surface area (Å²) < 4.78 is 26.9. The Morgan fingerprint density at radius 2 is 1.67 bits per heavy atom. The molecule has 0 aliphatic carbocycles. The third-order valence-electron chi connectivity index (χ3n) is 4.57. The van der Waals surface area contributed by atoms with Gasteiger partial charge in [0.25, 0.3) is 11.8 Å². The Morgan fingerprint density at radius 3 is 2.33 bits per heavy atom. The van der Waals surface area contributed by atoms with Gasteiger partial charge in [-0.15, -0.1) is 0 Å². The number of hydrazine groups is 1. The number of aromatic nitrogens is 2. The maximum absolute atomic E-state index is 12.6. The minimum Gasteiger partial charge on any atom is -0.287 e. The topological polar surface area (TPSA) is 130 Å². The second-order valence-corrected chi connectivity index (χ2v) is 9.64. The minimum atomic E-state index is -3.75. The van der Waals surface area contributed by atoms with Gasteiger partial charge < -0.3 is 0 Å². The number of sulfonamides is 1. The molecule has 33 heavy (non-hydrogen) atoms. The minimum absolute atomic E-state index is 0.0106. The summed E-state index contributed by atoms with van der Waals surface area (Å²) in [7, 11) is -1.02. The predicted molar refractivity (Wildman–Crippen MR) is 122 cm³/mol. The van der Waals surface area contributed by atoms with Crippen molar-refractivity contribution in [2.45, 2.75) is 11.8 Å². The number of nitrogens with zero attached hydrogens (tertiary/aromatic N) is 3. The highest BCUT2D eigenvalue weighted by Gasteiger charge is 2.20. The van der Waals surface area contributed by atoms with E-state index in [9.17, 15) is 22.8 Å². The van der Waals surface area contributed by atoms with Gasteiger partial charge in [0.05, 0.1) is 15.6 Å². The fourth-order valence-corrected chi connectivity index (χ4v) is 3.99. The van der Waals surface area contributed by atoms with Crippen molar-refractivity contribution in [3.8, 4) is 5.69 Å². The van der Waals surface area contributed by atoms with Crippen molar-refractivity contribution in [2.75, 3.05) is 14.1 Å². The Hall–Kier alpha value is -3.54. The molecular formula is C21H20ClN5O5S. The number of rotatable bonds is 5. The molecule has 3 aromatic rings. The third kappa shape index (κ3) is 5.11. The molecular weight excluding hydrogens is 470 g/mol. The molecule has 0 radical (unpaired) electrons. The summed E-state index contributed by atoms with van der Waals surface area (Å²) in [6.45, 7) is 1.63. The maximum Gasteiger partial charge on any atom is 0.294 e. The summed E-state index contributed by atoms with van der Waals surface area (Å²) in [4.78, 5) is 37.2. The van der Waals surface area contributed by atoms with Gasteiger partial charge in [-0.3, -0.25) is 25.2 Å². The molecule has 0 saturated heterocycles. The smallest absolute Gasteiger partial charge is 0.287 e. The first kappa shape index (κ1) is 24.1. The summed E-state index contributed by atoms with van der Waals surface area (Å²) in [5.41, 5.74) is 4.07. The highest BCUT2D eigenvalue weighted by molar-refractivity contribution is 7.89. The van der Waals surface area contributed by atoms with E-state index in [4.69, 9.17) is 11.6 Å². The van der Waals surface area contributed by atoms with Gasteiger partial charge >= 0.3 is 0 Å². The summed E-state index contributed by atoms with van der Waals surface area (Å²) in [5.74, 6) is -1.73. The molecule has 3 rings (SSSR count). The monoisotopic (exact) mass is 489 g/mol. The molecule has 2 aromatic carbocycles. The molecule has 12 heteroatoms. The Balaban J connectivity index is 1.82. The number of hydrogen-bond donors (Lipinski definition) is 2. The lowest BCUT2D eigenvalue weighted by Gasteiger charge is -2.13. The van der Waals surface area contributed by atoms with Crippen molar-refractivity contribution < 1.29 is 18.0 Å². The Kier molecular flexibility index (Phi) is 6.96. The molecule has 10 nitrogen and oxygen atoms in total. The van der Waals surface area contributed by atoms with E-state index in [0.29, 0.717) is 16.4 Å². The van der Waals surface area contributed by atoms with Gasteiger partial charge in [0.2, 0.25) is 15.5 Å². The van der Waals surface area contributed by atoms with Gasteiger partial charge in [-0.2, -0.15) is 5.10 Å². The van der Waals surface area contributed by atoms with Gasteiger partial charge in [0, 0.05) is 31.4 Å². The second-order valence-electron chi connectivity index (χ2n) is 7.09. The van der Waals surface area contributed by atoms with Crippen LogP contribution in [0.4, 0.5) is 0 Å². The van der Waals surface area contributed by atoms with Crippen LogP contribution in [-0.2, 0) is 10.0 Å². The highest BCUT2D eigenvalue weighted by Crippen LogP contribution is 2.19. The Labute approximate surface area is 194 Å². The van der Waals surface area contributed by atoms with Gasteiger partial charge in [-0.05, 0) is 37.3 Å². The predicted octanol–water partition coefficient (Wildman–Crippen LogP) is 1.52. The number of benzene rings is 2. The number of nitrogens with one attached hydrogen (secondary N) is 2. The largest absolute Gasteiger partial charge is 0.294 e. The molecule has 0 fully saturated rings. The van der Waals surface area contributed by atoms with E-state index < -0.39 is 33.0 Å². The van der Waals surface area contributed by atoms with Crippen LogP contribution in [0.1, 0.15) is 26.5 Å². The van der Waals surface area contributed by atoms with Crippen LogP contribution in [0.2, 0.25) is 5.02 Å². The van der Waals surface area contributed by atoms with Gasteiger partial charge in [0.1, 0.15) is 0 Å². The van der Waals surface area contributed by atoms with Gasteiger partial charge in [-0.25, -0.2) is 17.4 Å². The molecule has 0 aliphatic heterocycles. The van der Waals surface area contributed by atoms with E-state index in [0.717, 1.165) is 4.31 Å². The van der Waals surface area contributed by atoms with E-state index in [1.165, 1.54) is 49.1 Å². The van der Waals surface area contributed by atoms with Crippen molar-refractivity contribution >= 4 is 33.4 Å². The number of hydrogen-bond acceptors (Lipinski definition) is 6.